The summed E-state index contributed by atoms with van der Waals surface area (Å²) in [6.07, 6.45) is -0.563. The van der Waals surface area contributed by atoms with Gasteiger partial charge in [0.1, 0.15) is 6.23 Å². The molecule has 78 valence electrons. The van der Waals surface area contributed by atoms with E-state index in [-0.39, 0.29) is 0 Å². The van der Waals surface area contributed by atoms with E-state index in [1.54, 1.807) is 4.90 Å². The average Bonchev–Trinajstić information content (AvgIpc) is 2.01. The summed E-state index contributed by atoms with van der Waals surface area (Å²) in [6, 6.07) is 3.74. The lowest BCUT2D eigenvalue weighted by atomic mass is 10.0. The van der Waals surface area contributed by atoms with E-state index in [4.69, 9.17) is 11.6 Å². The molecule has 0 radical (unpaired) electrons. The van der Waals surface area contributed by atoms with Crippen LogP contribution in [-0.4, -0.2) is 24.1 Å². The van der Waals surface area contributed by atoms with Gasteiger partial charge in [-0.2, -0.15) is 0 Å². The van der Waals surface area contributed by atoms with Gasteiger partial charge in [0.15, 0.2) is 0 Å². The summed E-state index contributed by atoms with van der Waals surface area (Å²) < 4.78 is 0. The van der Waals surface area contributed by atoms with Crippen LogP contribution in [0.25, 0.3) is 0 Å². The Kier molecular flexibility index (Phi) is 3.53. The number of halogens is 1. The molecule has 1 aromatic rings. The van der Waals surface area contributed by atoms with Gasteiger partial charge in [-0.15, -0.1) is 0 Å². The average molecular weight is 214 g/mol. The van der Waals surface area contributed by atoms with Gasteiger partial charge in [-0.25, -0.2) is 0 Å². The quantitative estimate of drug-likeness (QED) is 0.764. The number of nitrogens with zero attached hydrogens (tertiary/aromatic N) is 1. The van der Waals surface area contributed by atoms with Crippen molar-refractivity contribution in [1.29, 1.82) is 0 Å². The Morgan fingerprint density at radius 3 is 2.00 bits per heavy atom. The van der Waals surface area contributed by atoms with Crippen LogP contribution in [0.2, 0.25) is 5.02 Å². The lowest BCUT2D eigenvalue weighted by Crippen LogP contribution is -2.21. The molecule has 0 aromatic heterocycles. The van der Waals surface area contributed by atoms with Gasteiger partial charge in [-0.05, 0) is 51.2 Å². The lowest BCUT2D eigenvalue weighted by molar-refractivity contribution is 0.0385. The standard InChI is InChI=1S/C11H16ClNO/c1-7-5-9(12)6-8(2)10(7)11(14)13(3)4/h5-6,11,14H,1-4H3. The van der Waals surface area contributed by atoms with Crippen LogP contribution < -0.4 is 0 Å². The number of rotatable bonds is 2. The van der Waals surface area contributed by atoms with Crippen molar-refractivity contribution in [2.45, 2.75) is 20.1 Å². The molecule has 3 heteroatoms. The molecule has 2 nitrogen and oxygen atoms in total. The van der Waals surface area contributed by atoms with Crippen LogP contribution in [0.1, 0.15) is 22.9 Å². The largest absolute Gasteiger partial charge is 0.374 e. The summed E-state index contributed by atoms with van der Waals surface area (Å²) in [7, 11) is 3.69. The molecule has 0 saturated carbocycles. The minimum atomic E-state index is -0.563. The maximum absolute atomic E-state index is 9.93. The van der Waals surface area contributed by atoms with Crippen LogP contribution >= 0.6 is 11.6 Å². The fourth-order valence-corrected chi connectivity index (χ4v) is 1.91. The van der Waals surface area contributed by atoms with Crippen molar-refractivity contribution in [3.05, 3.63) is 33.8 Å². The van der Waals surface area contributed by atoms with Gasteiger partial charge >= 0.3 is 0 Å². The fraction of sp³-hybridized carbons (Fsp3) is 0.455. The molecule has 0 aliphatic heterocycles. The van der Waals surface area contributed by atoms with Crippen LogP contribution in [0.3, 0.4) is 0 Å². The molecule has 1 unspecified atom stereocenters. The van der Waals surface area contributed by atoms with Crippen LogP contribution in [-0.2, 0) is 0 Å². The highest BCUT2D eigenvalue weighted by Gasteiger charge is 2.15. The zero-order chi connectivity index (χ0) is 10.9. The van der Waals surface area contributed by atoms with Crippen molar-refractivity contribution in [2.24, 2.45) is 0 Å². The molecule has 0 amide bonds. The van der Waals surface area contributed by atoms with Gasteiger partial charge in [0.05, 0.1) is 0 Å². The molecular weight excluding hydrogens is 198 g/mol. The van der Waals surface area contributed by atoms with Gasteiger partial charge in [-0.3, -0.25) is 4.90 Å². The maximum atomic E-state index is 9.93. The third-order valence-corrected chi connectivity index (χ3v) is 2.52. The Morgan fingerprint density at radius 2 is 1.64 bits per heavy atom. The molecule has 1 aromatic carbocycles. The van der Waals surface area contributed by atoms with E-state index in [2.05, 4.69) is 0 Å². The van der Waals surface area contributed by atoms with Crippen molar-refractivity contribution in [2.75, 3.05) is 14.1 Å². The summed E-state index contributed by atoms with van der Waals surface area (Å²) >= 11 is 5.91. The highest BCUT2D eigenvalue weighted by atomic mass is 35.5. The topological polar surface area (TPSA) is 23.5 Å². The van der Waals surface area contributed by atoms with Gasteiger partial charge in [0.2, 0.25) is 0 Å². The SMILES string of the molecule is Cc1cc(Cl)cc(C)c1C(O)N(C)C. The van der Waals surface area contributed by atoms with Gasteiger partial charge < -0.3 is 5.11 Å². The molecule has 0 aliphatic carbocycles. The maximum Gasteiger partial charge on any atom is 0.133 e. The van der Waals surface area contributed by atoms with E-state index >= 15 is 0 Å². The van der Waals surface area contributed by atoms with Crippen molar-refractivity contribution >= 4 is 11.6 Å². The van der Waals surface area contributed by atoms with Crippen LogP contribution in [0.5, 0.6) is 0 Å². The predicted molar refractivity (Wildman–Crippen MR) is 59.6 cm³/mol. The Hall–Kier alpha value is -0.570. The van der Waals surface area contributed by atoms with Gasteiger partial charge in [0.25, 0.3) is 0 Å². The molecular formula is C11H16ClNO. The molecule has 0 spiro atoms. The van der Waals surface area contributed by atoms with Crippen LogP contribution in [0, 0.1) is 13.8 Å². The molecule has 0 saturated heterocycles. The first-order valence-electron chi connectivity index (χ1n) is 4.54. The number of hydrogen-bond acceptors (Lipinski definition) is 2. The van der Waals surface area contributed by atoms with E-state index in [0.29, 0.717) is 0 Å². The van der Waals surface area contributed by atoms with E-state index < -0.39 is 6.23 Å². The number of aryl methyl sites for hydroxylation is 2. The summed E-state index contributed by atoms with van der Waals surface area (Å²) in [5, 5.41) is 10.7. The van der Waals surface area contributed by atoms with Gasteiger partial charge in [0, 0.05) is 10.6 Å². The summed E-state index contributed by atoms with van der Waals surface area (Å²) in [5.74, 6) is 0. The molecule has 14 heavy (non-hydrogen) atoms. The Balaban J connectivity index is 3.20. The second kappa shape index (κ2) is 4.30. The normalized spacial score (nSPS) is 13.4. The zero-order valence-corrected chi connectivity index (χ0v) is 9.76. The van der Waals surface area contributed by atoms with E-state index in [0.717, 1.165) is 21.7 Å². The number of aliphatic hydroxyl groups excluding tert-OH is 1. The Bertz CT molecular complexity index is 313. The predicted octanol–water partition coefficient (Wildman–Crippen LogP) is 2.51. The second-order valence-electron chi connectivity index (χ2n) is 3.79. The van der Waals surface area contributed by atoms with Crippen molar-refractivity contribution < 1.29 is 5.11 Å². The molecule has 1 rings (SSSR count). The molecule has 0 aliphatic rings. The van der Waals surface area contributed by atoms with Crippen molar-refractivity contribution in [3.63, 3.8) is 0 Å². The molecule has 0 bridgehead atoms. The van der Waals surface area contributed by atoms with E-state index in [1.165, 1.54) is 0 Å². The third kappa shape index (κ3) is 2.27. The first-order chi connectivity index (χ1) is 6.43. The fourth-order valence-electron chi connectivity index (χ4n) is 1.59. The summed E-state index contributed by atoms with van der Waals surface area (Å²) in [5.41, 5.74) is 2.99. The summed E-state index contributed by atoms with van der Waals surface area (Å²) in [4.78, 5) is 1.77. The highest BCUT2D eigenvalue weighted by molar-refractivity contribution is 6.30. The number of hydrogen-bond donors (Lipinski definition) is 1. The van der Waals surface area contributed by atoms with Crippen LogP contribution in [0.15, 0.2) is 12.1 Å². The monoisotopic (exact) mass is 213 g/mol. The van der Waals surface area contributed by atoms with E-state index in [9.17, 15) is 5.11 Å². The first-order valence-corrected chi connectivity index (χ1v) is 4.92. The third-order valence-electron chi connectivity index (χ3n) is 2.31. The molecule has 0 fully saturated rings. The van der Waals surface area contributed by atoms with Crippen LogP contribution in [0.4, 0.5) is 0 Å². The zero-order valence-electron chi connectivity index (χ0n) is 9.00. The number of benzene rings is 1. The number of aliphatic hydroxyl groups is 1. The highest BCUT2D eigenvalue weighted by Crippen LogP contribution is 2.26. The lowest BCUT2D eigenvalue weighted by Gasteiger charge is -2.22. The van der Waals surface area contributed by atoms with Gasteiger partial charge in [-0.1, -0.05) is 11.6 Å². The Labute approximate surface area is 90.1 Å². The summed E-state index contributed by atoms with van der Waals surface area (Å²) in [6.45, 7) is 3.92. The molecule has 1 N–H and O–H groups in total. The molecule has 1 atom stereocenters. The first kappa shape index (κ1) is 11.5. The minimum Gasteiger partial charge on any atom is -0.374 e. The smallest absolute Gasteiger partial charge is 0.133 e. The van der Waals surface area contributed by atoms with E-state index in [1.807, 2.05) is 40.1 Å². The Morgan fingerprint density at radius 1 is 1.21 bits per heavy atom. The minimum absolute atomic E-state index is 0.563. The molecule has 0 heterocycles. The van der Waals surface area contributed by atoms with Crippen molar-refractivity contribution in [1.82, 2.24) is 4.90 Å². The second-order valence-corrected chi connectivity index (χ2v) is 4.23. The van der Waals surface area contributed by atoms with Crippen molar-refractivity contribution in [3.8, 4) is 0 Å².